The van der Waals surface area contributed by atoms with Gasteiger partial charge >= 0.3 is 0 Å². The zero-order chi connectivity index (χ0) is 13.1. The number of likely N-dealkylation sites (N-methyl/N-ethyl adjacent to an activating group) is 1. The number of carbonyl (C=O) groups excluding carboxylic acids is 1. The Kier molecular flexibility index (Phi) is 3.52. The van der Waals surface area contributed by atoms with Gasteiger partial charge in [-0.3, -0.25) is 14.9 Å². The molecule has 0 N–H and O–H groups in total. The lowest BCUT2D eigenvalue weighted by Gasteiger charge is -2.33. The fourth-order valence-corrected chi connectivity index (χ4v) is 1.91. The summed E-state index contributed by atoms with van der Waals surface area (Å²) in [6.07, 6.45) is 0.428. The smallest absolute Gasteiger partial charge is 0.298 e. The SMILES string of the molecule is CN1CCN(c2ccc([N+](=O)[O-])c(C=O)n2)CC1. The Hall–Kier alpha value is -2.02. The Bertz CT molecular complexity index is 469. The number of anilines is 1. The van der Waals surface area contributed by atoms with Gasteiger partial charge in [-0.25, -0.2) is 4.98 Å². The van der Waals surface area contributed by atoms with Gasteiger partial charge in [0.2, 0.25) is 0 Å². The predicted octanol–water partition coefficient (Wildman–Crippen LogP) is 0.554. The first-order valence-corrected chi connectivity index (χ1v) is 5.66. The molecule has 2 rings (SSSR count). The van der Waals surface area contributed by atoms with Crippen LogP contribution in [0.25, 0.3) is 0 Å². The van der Waals surface area contributed by atoms with Gasteiger partial charge in [0.25, 0.3) is 5.69 Å². The number of aromatic nitrogens is 1. The summed E-state index contributed by atoms with van der Waals surface area (Å²) in [5, 5.41) is 10.7. The number of piperazine rings is 1. The number of pyridine rings is 1. The number of nitrogens with zero attached hydrogens (tertiary/aromatic N) is 4. The van der Waals surface area contributed by atoms with Crippen molar-refractivity contribution in [2.75, 3.05) is 38.1 Å². The Labute approximate surface area is 104 Å². The van der Waals surface area contributed by atoms with Gasteiger partial charge in [-0.1, -0.05) is 0 Å². The molecule has 1 saturated heterocycles. The van der Waals surface area contributed by atoms with Gasteiger partial charge in [0.15, 0.2) is 12.0 Å². The topological polar surface area (TPSA) is 79.6 Å². The van der Waals surface area contributed by atoms with Gasteiger partial charge in [-0.15, -0.1) is 0 Å². The number of aldehydes is 1. The highest BCUT2D eigenvalue weighted by Crippen LogP contribution is 2.20. The summed E-state index contributed by atoms with van der Waals surface area (Å²) in [5.74, 6) is 0.621. The van der Waals surface area contributed by atoms with Crippen LogP contribution in [0.15, 0.2) is 12.1 Å². The van der Waals surface area contributed by atoms with Crippen molar-refractivity contribution in [1.82, 2.24) is 9.88 Å². The van der Waals surface area contributed by atoms with Crippen LogP contribution in [-0.2, 0) is 0 Å². The van der Waals surface area contributed by atoms with Gasteiger partial charge in [0.1, 0.15) is 5.82 Å². The molecule has 0 saturated carbocycles. The van der Waals surface area contributed by atoms with E-state index in [1.807, 2.05) is 11.9 Å². The minimum Gasteiger partial charge on any atom is -0.354 e. The number of nitro groups is 1. The van der Waals surface area contributed by atoms with Crippen LogP contribution >= 0.6 is 0 Å². The molecule has 0 unspecified atom stereocenters. The van der Waals surface area contributed by atoms with E-state index in [0.717, 1.165) is 26.2 Å². The van der Waals surface area contributed by atoms with E-state index in [-0.39, 0.29) is 11.4 Å². The van der Waals surface area contributed by atoms with Crippen molar-refractivity contribution in [2.45, 2.75) is 0 Å². The van der Waals surface area contributed by atoms with E-state index >= 15 is 0 Å². The van der Waals surface area contributed by atoms with Gasteiger partial charge < -0.3 is 9.80 Å². The maximum atomic E-state index is 10.8. The van der Waals surface area contributed by atoms with Crippen LogP contribution in [0.4, 0.5) is 11.5 Å². The lowest BCUT2D eigenvalue weighted by molar-refractivity contribution is -0.385. The molecule has 18 heavy (non-hydrogen) atoms. The summed E-state index contributed by atoms with van der Waals surface area (Å²) in [4.78, 5) is 29.2. The van der Waals surface area contributed by atoms with Crippen LogP contribution < -0.4 is 4.90 Å². The third-order valence-corrected chi connectivity index (χ3v) is 3.02. The van der Waals surface area contributed by atoms with Gasteiger partial charge in [0, 0.05) is 32.2 Å². The number of hydrogen-bond acceptors (Lipinski definition) is 6. The molecule has 96 valence electrons. The highest BCUT2D eigenvalue weighted by atomic mass is 16.6. The van der Waals surface area contributed by atoms with E-state index in [1.165, 1.54) is 6.07 Å². The van der Waals surface area contributed by atoms with Crippen molar-refractivity contribution in [3.63, 3.8) is 0 Å². The van der Waals surface area contributed by atoms with E-state index in [2.05, 4.69) is 9.88 Å². The molecule has 0 aromatic carbocycles. The van der Waals surface area contributed by atoms with E-state index in [1.54, 1.807) is 6.07 Å². The van der Waals surface area contributed by atoms with Crippen molar-refractivity contribution in [2.24, 2.45) is 0 Å². The maximum absolute atomic E-state index is 10.8. The van der Waals surface area contributed by atoms with Crippen LogP contribution in [0.5, 0.6) is 0 Å². The Morgan fingerprint density at radius 1 is 1.33 bits per heavy atom. The van der Waals surface area contributed by atoms with Crippen LogP contribution in [0.3, 0.4) is 0 Å². The fourth-order valence-electron chi connectivity index (χ4n) is 1.91. The molecule has 0 spiro atoms. The van der Waals surface area contributed by atoms with Crippen LogP contribution in [-0.4, -0.2) is 54.3 Å². The molecule has 7 nitrogen and oxygen atoms in total. The summed E-state index contributed by atoms with van der Waals surface area (Å²) in [5.41, 5.74) is -0.362. The molecular formula is C11H14N4O3. The van der Waals surface area contributed by atoms with Crippen molar-refractivity contribution in [3.8, 4) is 0 Å². The quantitative estimate of drug-likeness (QED) is 0.443. The molecule has 0 radical (unpaired) electrons. The minimum absolute atomic E-state index is 0.114. The third-order valence-electron chi connectivity index (χ3n) is 3.02. The van der Waals surface area contributed by atoms with Gasteiger partial charge in [-0.2, -0.15) is 0 Å². The first-order chi connectivity index (χ1) is 8.61. The zero-order valence-electron chi connectivity index (χ0n) is 10.1. The fraction of sp³-hybridized carbons (Fsp3) is 0.455. The van der Waals surface area contributed by atoms with Crippen molar-refractivity contribution < 1.29 is 9.72 Å². The van der Waals surface area contributed by atoms with Gasteiger partial charge in [-0.05, 0) is 13.1 Å². The van der Waals surface area contributed by atoms with Gasteiger partial charge in [0.05, 0.1) is 4.92 Å². The Balaban J connectivity index is 2.24. The van der Waals surface area contributed by atoms with E-state index < -0.39 is 4.92 Å². The highest BCUT2D eigenvalue weighted by Gasteiger charge is 2.20. The first-order valence-electron chi connectivity index (χ1n) is 5.66. The second kappa shape index (κ2) is 5.09. The average molecular weight is 250 g/mol. The number of rotatable bonds is 3. The summed E-state index contributed by atoms with van der Waals surface area (Å²) in [6, 6.07) is 2.93. The molecule has 1 aromatic rings. The van der Waals surface area contributed by atoms with Crippen LogP contribution in [0.1, 0.15) is 10.5 Å². The molecule has 0 bridgehead atoms. The van der Waals surface area contributed by atoms with Crippen LogP contribution in [0.2, 0.25) is 0 Å². The summed E-state index contributed by atoms with van der Waals surface area (Å²) < 4.78 is 0. The largest absolute Gasteiger partial charge is 0.354 e. The number of hydrogen-bond donors (Lipinski definition) is 0. The third kappa shape index (κ3) is 2.45. The van der Waals surface area contributed by atoms with E-state index in [9.17, 15) is 14.9 Å². The maximum Gasteiger partial charge on any atom is 0.298 e. The van der Waals surface area contributed by atoms with E-state index in [4.69, 9.17) is 0 Å². The summed E-state index contributed by atoms with van der Waals surface area (Å²) >= 11 is 0. The molecule has 2 heterocycles. The molecule has 0 aliphatic carbocycles. The lowest BCUT2D eigenvalue weighted by Crippen LogP contribution is -2.44. The van der Waals surface area contributed by atoms with Crippen molar-refractivity contribution >= 4 is 17.8 Å². The Morgan fingerprint density at radius 3 is 2.56 bits per heavy atom. The van der Waals surface area contributed by atoms with Crippen LogP contribution in [0, 0.1) is 10.1 Å². The van der Waals surface area contributed by atoms with E-state index in [0.29, 0.717) is 12.1 Å². The number of carbonyl (C=O) groups is 1. The summed E-state index contributed by atoms with van der Waals surface area (Å²) in [7, 11) is 2.04. The zero-order valence-corrected chi connectivity index (χ0v) is 10.1. The Morgan fingerprint density at radius 2 is 2.00 bits per heavy atom. The standard InChI is InChI=1S/C11H14N4O3/c1-13-4-6-14(7-5-13)11-3-2-10(15(17)18)9(8-16)12-11/h2-3,8H,4-7H2,1H3. The van der Waals surface area contributed by atoms with Crippen molar-refractivity contribution in [1.29, 1.82) is 0 Å². The molecule has 1 fully saturated rings. The second-order valence-electron chi connectivity index (χ2n) is 4.24. The first kappa shape index (κ1) is 12.4. The molecule has 0 atom stereocenters. The summed E-state index contributed by atoms with van der Waals surface area (Å²) in [6.45, 7) is 3.43. The highest BCUT2D eigenvalue weighted by molar-refractivity contribution is 5.79. The second-order valence-corrected chi connectivity index (χ2v) is 4.24. The average Bonchev–Trinajstić information content (AvgIpc) is 2.38. The lowest BCUT2D eigenvalue weighted by atomic mass is 10.2. The molecule has 1 aromatic heterocycles. The monoisotopic (exact) mass is 250 g/mol. The molecule has 0 amide bonds. The molecule has 7 heteroatoms. The van der Waals surface area contributed by atoms with Crippen molar-refractivity contribution in [3.05, 3.63) is 27.9 Å². The molecule has 1 aliphatic heterocycles. The normalized spacial score (nSPS) is 16.6. The minimum atomic E-state index is -0.593. The molecule has 1 aliphatic rings. The molecular weight excluding hydrogens is 236 g/mol. The predicted molar refractivity (Wildman–Crippen MR) is 66.0 cm³/mol.